The number of rotatable bonds is 6. The molecule has 1 heterocycles. The number of nitrogens with one attached hydrogen (secondary N) is 1. The van der Waals surface area contributed by atoms with Crippen molar-refractivity contribution < 1.29 is 24.5 Å². The van der Waals surface area contributed by atoms with Gasteiger partial charge in [0.1, 0.15) is 6.61 Å². The SMILES string of the molecule is O=C(O)COCCNC(=O)N1CCCC(CO)C1. The van der Waals surface area contributed by atoms with Gasteiger partial charge in [-0.25, -0.2) is 9.59 Å². The van der Waals surface area contributed by atoms with Crippen LogP contribution in [-0.2, 0) is 9.53 Å². The first kappa shape index (κ1) is 14.7. The van der Waals surface area contributed by atoms with E-state index >= 15 is 0 Å². The van der Waals surface area contributed by atoms with Crippen molar-refractivity contribution in [3.05, 3.63) is 0 Å². The van der Waals surface area contributed by atoms with Gasteiger partial charge in [-0.3, -0.25) is 0 Å². The number of aliphatic hydroxyl groups is 1. The third-order valence-electron chi connectivity index (χ3n) is 2.81. The average molecular weight is 260 g/mol. The summed E-state index contributed by atoms with van der Waals surface area (Å²) in [6, 6.07) is -0.188. The van der Waals surface area contributed by atoms with Crippen molar-refractivity contribution in [3.63, 3.8) is 0 Å². The predicted octanol–water partition coefficient (Wildman–Crippen LogP) is -0.498. The molecule has 104 valence electrons. The molecule has 0 radical (unpaired) electrons. The molecule has 0 saturated carbocycles. The monoisotopic (exact) mass is 260 g/mol. The Kier molecular flexibility index (Phi) is 6.45. The Morgan fingerprint density at radius 2 is 2.22 bits per heavy atom. The molecule has 0 aliphatic carbocycles. The van der Waals surface area contributed by atoms with E-state index in [4.69, 9.17) is 14.9 Å². The zero-order chi connectivity index (χ0) is 13.4. The molecule has 1 unspecified atom stereocenters. The number of hydrogen-bond acceptors (Lipinski definition) is 4. The number of nitrogens with zero attached hydrogens (tertiary/aromatic N) is 1. The van der Waals surface area contributed by atoms with Crippen LogP contribution in [0.3, 0.4) is 0 Å². The van der Waals surface area contributed by atoms with Crippen LogP contribution in [0.5, 0.6) is 0 Å². The maximum Gasteiger partial charge on any atom is 0.329 e. The van der Waals surface area contributed by atoms with Gasteiger partial charge in [0.05, 0.1) is 6.61 Å². The Labute approximate surface area is 106 Å². The number of urea groups is 1. The van der Waals surface area contributed by atoms with Crippen LogP contribution in [0.2, 0.25) is 0 Å². The lowest BCUT2D eigenvalue weighted by atomic mass is 9.99. The number of hydrogen-bond donors (Lipinski definition) is 3. The minimum Gasteiger partial charge on any atom is -0.480 e. The van der Waals surface area contributed by atoms with Gasteiger partial charge in [0, 0.05) is 26.2 Å². The van der Waals surface area contributed by atoms with Crippen LogP contribution in [0, 0.1) is 5.92 Å². The number of carboxylic acid groups (broad SMARTS) is 1. The zero-order valence-corrected chi connectivity index (χ0v) is 10.3. The number of amides is 2. The Balaban J connectivity index is 2.14. The average Bonchev–Trinajstić information content (AvgIpc) is 2.37. The van der Waals surface area contributed by atoms with Crippen molar-refractivity contribution >= 4 is 12.0 Å². The molecule has 1 aliphatic rings. The summed E-state index contributed by atoms with van der Waals surface area (Å²) in [6.45, 7) is 1.47. The maximum atomic E-state index is 11.7. The van der Waals surface area contributed by atoms with Gasteiger partial charge < -0.3 is 25.2 Å². The molecule has 1 aliphatic heterocycles. The summed E-state index contributed by atoms with van der Waals surface area (Å²) in [5.74, 6) is -0.865. The van der Waals surface area contributed by atoms with Crippen LogP contribution < -0.4 is 5.32 Å². The number of carbonyl (C=O) groups excluding carboxylic acids is 1. The number of carboxylic acids is 1. The van der Waals surface area contributed by atoms with E-state index in [1.165, 1.54) is 0 Å². The molecule has 0 aromatic heterocycles. The molecule has 1 saturated heterocycles. The van der Waals surface area contributed by atoms with Gasteiger partial charge in [-0.15, -0.1) is 0 Å². The van der Waals surface area contributed by atoms with E-state index in [0.29, 0.717) is 13.1 Å². The van der Waals surface area contributed by atoms with Gasteiger partial charge in [0.15, 0.2) is 0 Å². The van der Waals surface area contributed by atoms with Crippen molar-refractivity contribution in [2.24, 2.45) is 5.92 Å². The molecule has 3 N–H and O–H groups in total. The van der Waals surface area contributed by atoms with Crippen molar-refractivity contribution in [3.8, 4) is 0 Å². The van der Waals surface area contributed by atoms with Crippen molar-refractivity contribution in [2.45, 2.75) is 12.8 Å². The van der Waals surface area contributed by atoms with Gasteiger partial charge in [0.2, 0.25) is 0 Å². The number of carbonyl (C=O) groups is 2. The van der Waals surface area contributed by atoms with Gasteiger partial charge in [-0.1, -0.05) is 0 Å². The number of piperidine rings is 1. The Morgan fingerprint density at radius 1 is 1.44 bits per heavy atom. The van der Waals surface area contributed by atoms with Crippen molar-refractivity contribution in [1.29, 1.82) is 0 Å². The smallest absolute Gasteiger partial charge is 0.329 e. The molecule has 1 atom stereocenters. The van der Waals surface area contributed by atoms with E-state index in [1.807, 2.05) is 0 Å². The quantitative estimate of drug-likeness (QED) is 0.559. The lowest BCUT2D eigenvalue weighted by molar-refractivity contribution is -0.142. The number of aliphatic hydroxyl groups excluding tert-OH is 1. The van der Waals surface area contributed by atoms with Crippen LogP contribution >= 0.6 is 0 Å². The summed E-state index contributed by atoms with van der Waals surface area (Å²) in [5.41, 5.74) is 0. The van der Waals surface area contributed by atoms with Crippen LogP contribution in [-0.4, -0.2) is 66.6 Å². The normalized spacial score (nSPS) is 19.6. The summed E-state index contributed by atoms with van der Waals surface area (Å²) in [7, 11) is 0. The van der Waals surface area contributed by atoms with E-state index in [9.17, 15) is 9.59 Å². The molecule has 7 heteroatoms. The number of ether oxygens (including phenoxy) is 1. The van der Waals surface area contributed by atoms with Crippen LogP contribution in [0.15, 0.2) is 0 Å². The molecule has 1 rings (SSSR count). The van der Waals surface area contributed by atoms with E-state index < -0.39 is 5.97 Å². The molecular formula is C11H20N2O5. The van der Waals surface area contributed by atoms with E-state index in [2.05, 4.69) is 5.32 Å². The second kappa shape index (κ2) is 7.88. The van der Waals surface area contributed by atoms with Gasteiger partial charge >= 0.3 is 12.0 Å². The maximum absolute atomic E-state index is 11.7. The first-order valence-corrected chi connectivity index (χ1v) is 6.06. The highest BCUT2D eigenvalue weighted by Crippen LogP contribution is 2.15. The standard InChI is InChI=1S/C11H20N2O5/c14-7-9-2-1-4-13(6-9)11(17)12-3-5-18-8-10(15)16/h9,14H,1-8H2,(H,12,17)(H,15,16). The largest absolute Gasteiger partial charge is 0.480 e. The molecule has 2 amide bonds. The first-order chi connectivity index (χ1) is 8.63. The third-order valence-corrected chi connectivity index (χ3v) is 2.81. The first-order valence-electron chi connectivity index (χ1n) is 6.06. The Hall–Kier alpha value is -1.34. The zero-order valence-electron chi connectivity index (χ0n) is 10.3. The topological polar surface area (TPSA) is 99.1 Å². The fraction of sp³-hybridized carbons (Fsp3) is 0.818. The Morgan fingerprint density at radius 3 is 2.89 bits per heavy atom. The molecule has 7 nitrogen and oxygen atoms in total. The summed E-state index contributed by atoms with van der Waals surface area (Å²) in [6.07, 6.45) is 1.84. The highest BCUT2D eigenvalue weighted by atomic mass is 16.5. The molecule has 0 bridgehead atoms. The molecule has 0 aromatic rings. The number of likely N-dealkylation sites (tertiary alicyclic amines) is 1. The molecule has 0 aromatic carbocycles. The third kappa shape index (κ3) is 5.33. The lowest BCUT2D eigenvalue weighted by Crippen LogP contribution is -2.46. The molecular weight excluding hydrogens is 240 g/mol. The van der Waals surface area contributed by atoms with E-state index in [0.717, 1.165) is 12.8 Å². The van der Waals surface area contributed by atoms with Crippen molar-refractivity contribution in [2.75, 3.05) is 39.5 Å². The summed E-state index contributed by atoms with van der Waals surface area (Å²) in [4.78, 5) is 23.6. The molecule has 18 heavy (non-hydrogen) atoms. The fourth-order valence-electron chi connectivity index (χ4n) is 1.90. The Bertz CT molecular complexity index is 285. The van der Waals surface area contributed by atoms with Gasteiger partial charge in [-0.05, 0) is 18.8 Å². The van der Waals surface area contributed by atoms with Crippen LogP contribution in [0.1, 0.15) is 12.8 Å². The lowest BCUT2D eigenvalue weighted by Gasteiger charge is -2.31. The van der Waals surface area contributed by atoms with Gasteiger partial charge in [-0.2, -0.15) is 0 Å². The minimum absolute atomic E-state index is 0.103. The highest BCUT2D eigenvalue weighted by molar-refractivity contribution is 5.74. The molecule has 0 spiro atoms. The van der Waals surface area contributed by atoms with Gasteiger partial charge in [0.25, 0.3) is 0 Å². The van der Waals surface area contributed by atoms with E-state index in [-0.39, 0.29) is 38.3 Å². The summed E-state index contributed by atoms with van der Waals surface area (Å²) < 4.78 is 4.80. The minimum atomic E-state index is -1.02. The van der Waals surface area contributed by atoms with Crippen LogP contribution in [0.4, 0.5) is 4.79 Å². The fourth-order valence-corrected chi connectivity index (χ4v) is 1.90. The van der Waals surface area contributed by atoms with Crippen LogP contribution in [0.25, 0.3) is 0 Å². The second-order valence-electron chi connectivity index (χ2n) is 4.32. The molecule has 1 fully saturated rings. The predicted molar refractivity (Wildman–Crippen MR) is 63.2 cm³/mol. The summed E-state index contributed by atoms with van der Waals surface area (Å²) >= 11 is 0. The highest BCUT2D eigenvalue weighted by Gasteiger charge is 2.22. The number of aliphatic carboxylic acids is 1. The summed E-state index contributed by atoms with van der Waals surface area (Å²) in [5, 5.41) is 20.1. The van der Waals surface area contributed by atoms with E-state index in [1.54, 1.807) is 4.90 Å². The van der Waals surface area contributed by atoms with Crippen molar-refractivity contribution in [1.82, 2.24) is 10.2 Å². The second-order valence-corrected chi connectivity index (χ2v) is 4.32.